The second-order valence-electron chi connectivity index (χ2n) is 3.89. The lowest BCUT2D eigenvalue weighted by atomic mass is 10.1. The molecule has 0 aliphatic carbocycles. The molecule has 0 radical (unpaired) electrons. The van der Waals surface area contributed by atoms with E-state index < -0.39 is 0 Å². The molecule has 17 heavy (non-hydrogen) atoms. The Morgan fingerprint density at radius 1 is 1.24 bits per heavy atom. The topological polar surface area (TPSA) is 59.2 Å². The fourth-order valence-electron chi connectivity index (χ4n) is 1.59. The van der Waals surface area contributed by atoms with E-state index in [1.54, 1.807) is 0 Å². The average molecular weight is 232 g/mol. The molecule has 0 amide bonds. The quantitative estimate of drug-likeness (QED) is 0.858. The second kappa shape index (κ2) is 5.59. The number of aromatic nitrogens is 2. The van der Waals surface area contributed by atoms with Crippen molar-refractivity contribution < 1.29 is 9.63 Å². The minimum Gasteiger partial charge on any atom is -0.396 e. The summed E-state index contributed by atoms with van der Waals surface area (Å²) in [6.45, 7) is 2.26. The summed E-state index contributed by atoms with van der Waals surface area (Å²) in [5.41, 5.74) is 2.25. The van der Waals surface area contributed by atoms with E-state index in [-0.39, 0.29) is 6.61 Å². The van der Waals surface area contributed by atoms with Gasteiger partial charge in [-0.1, -0.05) is 36.3 Å². The minimum absolute atomic E-state index is 0.142. The van der Waals surface area contributed by atoms with Gasteiger partial charge in [-0.25, -0.2) is 0 Å². The van der Waals surface area contributed by atoms with Gasteiger partial charge in [0.15, 0.2) is 0 Å². The maximum atomic E-state index is 8.72. The first-order valence-corrected chi connectivity index (χ1v) is 5.86. The smallest absolute Gasteiger partial charge is 0.227 e. The zero-order valence-corrected chi connectivity index (χ0v) is 9.89. The summed E-state index contributed by atoms with van der Waals surface area (Å²) in [5, 5.41) is 12.6. The Morgan fingerprint density at radius 3 is 2.65 bits per heavy atom. The standard InChI is InChI=1S/C13H16N2O2/c1-2-10-5-7-11(8-6-10)13-14-12(17-15-13)4-3-9-16/h5-8,16H,2-4,9H2,1H3. The van der Waals surface area contributed by atoms with Gasteiger partial charge in [0.2, 0.25) is 11.7 Å². The zero-order chi connectivity index (χ0) is 12.1. The lowest BCUT2D eigenvalue weighted by Crippen LogP contribution is -1.89. The highest BCUT2D eigenvalue weighted by atomic mass is 16.5. The zero-order valence-electron chi connectivity index (χ0n) is 9.89. The third kappa shape index (κ3) is 2.91. The van der Waals surface area contributed by atoms with Gasteiger partial charge < -0.3 is 9.63 Å². The molecule has 4 heteroatoms. The van der Waals surface area contributed by atoms with E-state index in [1.165, 1.54) is 5.56 Å². The van der Waals surface area contributed by atoms with E-state index in [0.29, 0.717) is 24.6 Å². The van der Waals surface area contributed by atoms with Gasteiger partial charge in [-0.2, -0.15) is 4.98 Å². The molecule has 0 aliphatic rings. The summed E-state index contributed by atoms with van der Waals surface area (Å²) in [6.07, 6.45) is 2.29. The first-order valence-electron chi connectivity index (χ1n) is 5.86. The summed E-state index contributed by atoms with van der Waals surface area (Å²) >= 11 is 0. The van der Waals surface area contributed by atoms with Crippen molar-refractivity contribution in [2.45, 2.75) is 26.2 Å². The van der Waals surface area contributed by atoms with E-state index in [4.69, 9.17) is 9.63 Å². The molecule has 0 atom stereocenters. The fourth-order valence-corrected chi connectivity index (χ4v) is 1.59. The lowest BCUT2D eigenvalue weighted by molar-refractivity contribution is 0.278. The van der Waals surface area contributed by atoms with Gasteiger partial charge in [0.1, 0.15) is 0 Å². The van der Waals surface area contributed by atoms with Crippen LogP contribution in [0.3, 0.4) is 0 Å². The van der Waals surface area contributed by atoms with Crippen LogP contribution in [0.15, 0.2) is 28.8 Å². The van der Waals surface area contributed by atoms with Crippen LogP contribution in [-0.2, 0) is 12.8 Å². The molecule has 1 aromatic heterocycles. The molecule has 90 valence electrons. The van der Waals surface area contributed by atoms with Crippen LogP contribution in [0, 0.1) is 0 Å². The van der Waals surface area contributed by atoms with E-state index in [2.05, 4.69) is 29.2 Å². The molecule has 1 aromatic carbocycles. The summed E-state index contributed by atoms with van der Waals surface area (Å²) in [7, 11) is 0. The van der Waals surface area contributed by atoms with E-state index in [0.717, 1.165) is 12.0 Å². The third-order valence-electron chi connectivity index (χ3n) is 2.64. The van der Waals surface area contributed by atoms with Gasteiger partial charge in [0, 0.05) is 18.6 Å². The van der Waals surface area contributed by atoms with E-state index in [9.17, 15) is 0 Å². The summed E-state index contributed by atoms with van der Waals surface area (Å²) < 4.78 is 5.11. The first-order chi connectivity index (χ1) is 8.33. The highest BCUT2D eigenvalue weighted by Crippen LogP contribution is 2.17. The molecule has 0 bridgehead atoms. The van der Waals surface area contributed by atoms with Gasteiger partial charge in [0.05, 0.1) is 0 Å². The highest BCUT2D eigenvalue weighted by molar-refractivity contribution is 5.54. The normalized spacial score (nSPS) is 10.7. The summed E-state index contributed by atoms with van der Waals surface area (Å²) in [5.74, 6) is 1.19. The molecule has 0 spiro atoms. The highest BCUT2D eigenvalue weighted by Gasteiger charge is 2.07. The van der Waals surface area contributed by atoms with Crippen LogP contribution in [0.4, 0.5) is 0 Å². The predicted octanol–water partition coefficient (Wildman–Crippen LogP) is 2.22. The van der Waals surface area contributed by atoms with E-state index >= 15 is 0 Å². The summed E-state index contributed by atoms with van der Waals surface area (Å²) in [6, 6.07) is 8.14. The largest absolute Gasteiger partial charge is 0.396 e. The van der Waals surface area contributed by atoms with Crippen molar-refractivity contribution in [2.75, 3.05) is 6.61 Å². The number of aryl methyl sites for hydroxylation is 2. The average Bonchev–Trinajstić information content (AvgIpc) is 2.85. The number of hydrogen-bond acceptors (Lipinski definition) is 4. The number of nitrogens with zero attached hydrogens (tertiary/aromatic N) is 2. The lowest BCUT2D eigenvalue weighted by Gasteiger charge is -1.97. The third-order valence-corrected chi connectivity index (χ3v) is 2.64. The van der Waals surface area contributed by atoms with Gasteiger partial charge in [-0.05, 0) is 18.4 Å². The predicted molar refractivity (Wildman–Crippen MR) is 64.5 cm³/mol. The molecule has 4 nitrogen and oxygen atoms in total. The molecule has 0 saturated heterocycles. The van der Waals surface area contributed by atoms with Crippen molar-refractivity contribution in [1.29, 1.82) is 0 Å². The van der Waals surface area contributed by atoms with Crippen molar-refractivity contribution in [2.24, 2.45) is 0 Å². The van der Waals surface area contributed by atoms with Gasteiger partial charge in [-0.15, -0.1) is 0 Å². The number of aliphatic hydroxyl groups excluding tert-OH is 1. The number of benzene rings is 1. The van der Waals surface area contributed by atoms with Gasteiger partial charge >= 0.3 is 0 Å². The number of rotatable bonds is 5. The van der Waals surface area contributed by atoms with Crippen molar-refractivity contribution in [3.63, 3.8) is 0 Å². The minimum atomic E-state index is 0.142. The number of aliphatic hydroxyl groups is 1. The van der Waals surface area contributed by atoms with Crippen LogP contribution in [-0.4, -0.2) is 21.9 Å². The molecular formula is C13H16N2O2. The van der Waals surface area contributed by atoms with Crippen molar-refractivity contribution >= 4 is 0 Å². The van der Waals surface area contributed by atoms with Gasteiger partial charge in [0.25, 0.3) is 0 Å². The van der Waals surface area contributed by atoms with Crippen molar-refractivity contribution in [1.82, 2.24) is 10.1 Å². The number of hydrogen-bond donors (Lipinski definition) is 1. The molecule has 2 aromatic rings. The Balaban J connectivity index is 2.12. The summed E-state index contributed by atoms with van der Waals surface area (Å²) in [4.78, 5) is 4.28. The van der Waals surface area contributed by atoms with Crippen LogP contribution >= 0.6 is 0 Å². The van der Waals surface area contributed by atoms with Crippen LogP contribution in [0.25, 0.3) is 11.4 Å². The van der Waals surface area contributed by atoms with Crippen LogP contribution in [0.2, 0.25) is 0 Å². The molecule has 2 rings (SSSR count). The Morgan fingerprint density at radius 2 is 2.00 bits per heavy atom. The maximum absolute atomic E-state index is 8.72. The van der Waals surface area contributed by atoms with Crippen LogP contribution in [0.1, 0.15) is 24.8 Å². The van der Waals surface area contributed by atoms with E-state index in [1.807, 2.05) is 12.1 Å². The molecule has 0 unspecified atom stereocenters. The molecule has 0 aliphatic heterocycles. The van der Waals surface area contributed by atoms with Crippen LogP contribution in [0.5, 0.6) is 0 Å². The molecule has 1 heterocycles. The van der Waals surface area contributed by atoms with Crippen molar-refractivity contribution in [3.8, 4) is 11.4 Å². The second-order valence-corrected chi connectivity index (χ2v) is 3.89. The maximum Gasteiger partial charge on any atom is 0.227 e. The first kappa shape index (κ1) is 11.8. The Hall–Kier alpha value is -1.68. The Kier molecular flexibility index (Phi) is 3.88. The molecular weight excluding hydrogens is 216 g/mol. The molecule has 0 fully saturated rings. The van der Waals surface area contributed by atoms with Gasteiger partial charge in [-0.3, -0.25) is 0 Å². The Bertz CT molecular complexity index is 463. The van der Waals surface area contributed by atoms with Crippen LogP contribution < -0.4 is 0 Å². The molecule has 1 N–H and O–H groups in total. The fraction of sp³-hybridized carbons (Fsp3) is 0.385. The monoisotopic (exact) mass is 232 g/mol. The Labute approximate surface area is 100 Å². The SMILES string of the molecule is CCc1ccc(-c2noc(CCCO)n2)cc1. The van der Waals surface area contributed by atoms with Crippen molar-refractivity contribution in [3.05, 3.63) is 35.7 Å². The molecule has 0 saturated carbocycles.